The van der Waals surface area contributed by atoms with Crippen LogP contribution in [0.5, 0.6) is 0 Å². The van der Waals surface area contributed by atoms with Gasteiger partial charge in [-0.05, 0) is 32.6 Å². The summed E-state index contributed by atoms with van der Waals surface area (Å²) in [6.45, 7) is 1.87. The number of primary sulfonamides is 1. The Morgan fingerprint density at radius 2 is 1.58 bits per heavy atom. The molecule has 6 nitrogen and oxygen atoms in total. The smallest absolute Gasteiger partial charge is 0.343 e. The largest absolute Gasteiger partial charge is 0.463 e. The summed E-state index contributed by atoms with van der Waals surface area (Å²) in [5, 5.41) is 5.48. The van der Waals surface area contributed by atoms with Gasteiger partial charge in [-0.25, -0.2) is 18.4 Å². The minimum atomic E-state index is -4.07. The SMILES string of the molecule is CCOC(=O)c1c(C2CCCC2)oc(C2CCCC2)c1S(N)(=O)=O. The number of esters is 1. The first-order valence-corrected chi connectivity index (χ1v) is 10.3. The molecule has 1 aromatic rings. The molecule has 1 heterocycles. The molecular weight excluding hydrogens is 330 g/mol. The monoisotopic (exact) mass is 355 g/mol. The molecule has 7 heteroatoms. The van der Waals surface area contributed by atoms with Gasteiger partial charge in [0.1, 0.15) is 22.0 Å². The molecule has 2 fully saturated rings. The van der Waals surface area contributed by atoms with Crippen LogP contribution in [-0.4, -0.2) is 21.0 Å². The second kappa shape index (κ2) is 6.88. The fraction of sp³-hybridized carbons (Fsp3) is 0.706. The van der Waals surface area contributed by atoms with Crippen LogP contribution < -0.4 is 5.14 Å². The summed E-state index contributed by atoms with van der Waals surface area (Å²) in [5.74, 6) is 0.287. The van der Waals surface area contributed by atoms with Crippen molar-refractivity contribution in [3.8, 4) is 0 Å². The van der Waals surface area contributed by atoms with E-state index in [4.69, 9.17) is 14.3 Å². The van der Waals surface area contributed by atoms with Crippen LogP contribution in [0.15, 0.2) is 9.31 Å². The van der Waals surface area contributed by atoms with Gasteiger partial charge in [0, 0.05) is 11.8 Å². The first kappa shape index (κ1) is 17.5. The van der Waals surface area contributed by atoms with Crippen LogP contribution in [0.1, 0.15) is 92.0 Å². The third kappa shape index (κ3) is 3.24. The molecule has 2 aliphatic rings. The van der Waals surface area contributed by atoms with E-state index in [0.29, 0.717) is 11.5 Å². The van der Waals surface area contributed by atoms with E-state index in [1.165, 1.54) is 0 Å². The van der Waals surface area contributed by atoms with E-state index < -0.39 is 16.0 Å². The first-order chi connectivity index (χ1) is 11.4. The van der Waals surface area contributed by atoms with Gasteiger partial charge >= 0.3 is 5.97 Å². The summed E-state index contributed by atoms with van der Waals surface area (Å²) in [6, 6.07) is 0. The van der Waals surface area contributed by atoms with Crippen molar-refractivity contribution in [3.63, 3.8) is 0 Å². The summed E-state index contributed by atoms with van der Waals surface area (Å²) >= 11 is 0. The topological polar surface area (TPSA) is 99.6 Å². The third-order valence-electron chi connectivity index (χ3n) is 5.13. The molecule has 0 bridgehead atoms. The molecule has 2 aliphatic carbocycles. The number of ether oxygens (including phenoxy) is 1. The van der Waals surface area contributed by atoms with Crippen molar-refractivity contribution in [2.75, 3.05) is 6.61 Å². The zero-order valence-electron chi connectivity index (χ0n) is 14.0. The predicted octanol–water partition coefficient (Wildman–Crippen LogP) is 3.42. The van der Waals surface area contributed by atoms with Crippen molar-refractivity contribution in [1.82, 2.24) is 0 Å². The summed E-state index contributed by atoms with van der Waals surface area (Å²) in [7, 11) is -4.07. The van der Waals surface area contributed by atoms with Crippen LogP contribution in [0.4, 0.5) is 0 Å². The van der Waals surface area contributed by atoms with E-state index in [1.807, 2.05) is 0 Å². The van der Waals surface area contributed by atoms with E-state index >= 15 is 0 Å². The van der Waals surface area contributed by atoms with Crippen LogP contribution >= 0.6 is 0 Å². The Kier molecular flexibility index (Phi) is 5.01. The lowest BCUT2D eigenvalue weighted by Gasteiger charge is -2.09. The van der Waals surface area contributed by atoms with Crippen LogP contribution in [0, 0.1) is 0 Å². The zero-order chi connectivity index (χ0) is 17.3. The highest BCUT2D eigenvalue weighted by molar-refractivity contribution is 7.89. The fourth-order valence-corrected chi connectivity index (χ4v) is 5.02. The molecule has 1 aromatic heterocycles. The second-order valence-electron chi connectivity index (χ2n) is 6.76. The molecule has 3 rings (SSSR count). The van der Waals surface area contributed by atoms with E-state index in [1.54, 1.807) is 6.92 Å². The standard InChI is InChI=1S/C17H25NO5S/c1-2-22-17(19)13-14(11-7-3-4-8-11)23-15(12-9-5-6-10-12)16(13)24(18,20)21/h11-12H,2-10H2,1H3,(H2,18,20,21). The Bertz CT molecular complexity index is 710. The Labute approximate surface area is 142 Å². The third-order valence-corrected chi connectivity index (χ3v) is 6.11. The zero-order valence-corrected chi connectivity index (χ0v) is 14.9. The summed E-state index contributed by atoms with van der Waals surface area (Å²) in [5.41, 5.74) is 0.0492. The average molecular weight is 355 g/mol. The van der Waals surface area contributed by atoms with Crippen molar-refractivity contribution < 1.29 is 22.4 Å². The minimum absolute atomic E-state index is 0.0154. The Balaban J connectivity index is 2.18. The highest BCUT2D eigenvalue weighted by Gasteiger charge is 2.39. The van der Waals surface area contributed by atoms with Crippen LogP contribution in [0.2, 0.25) is 0 Å². The summed E-state index contributed by atoms with van der Waals surface area (Å²) < 4.78 is 35.7. The lowest BCUT2D eigenvalue weighted by Crippen LogP contribution is -2.19. The van der Waals surface area contributed by atoms with Crippen LogP contribution in [0.3, 0.4) is 0 Å². The van der Waals surface area contributed by atoms with E-state index in [9.17, 15) is 13.2 Å². The molecule has 0 aliphatic heterocycles. The van der Waals surface area contributed by atoms with Gasteiger partial charge in [0.15, 0.2) is 0 Å². The van der Waals surface area contributed by atoms with Gasteiger partial charge in [-0.15, -0.1) is 0 Å². The number of nitrogens with two attached hydrogens (primary N) is 1. The van der Waals surface area contributed by atoms with Gasteiger partial charge in [0.2, 0.25) is 10.0 Å². The predicted molar refractivity (Wildman–Crippen MR) is 88.5 cm³/mol. The quantitative estimate of drug-likeness (QED) is 0.816. The number of hydrogen-bond acceptors (Lipinski definition) is 5. The van der Waals surface area contributed by atoms with Crippen LogP contribution in [-0.2, 0) is 14.8 Å². The Morgan fingerprint density at radius 3 is 2.04 bits per heavy atom. The highest BCUT2D eigenvalue weighted by atomic mass is 32.2. The molecule has 0 aromatic carbocycles. The van der Waals surface area contributed by atoms with Crippen molar-refractivity contribution in [2.45, 2.75) is 75.0 Å². The molecule has 0 atom stereocenters. The maximum Gasteiger partial charge on any atom is 0.343 e. The normalized spacial score (nSPS) is 19.9. The number of furan rings is 1. The van der Waals surface area contributed by atoms with Gasteiger partial charge in [0.25, 0.3) is 0 Å². The molecule has 0 saturated heterocycles. The maximum absolute atomic E-state index is 12.5. The number of sulfonamides is 1. The van der Waals surface area contributed by atoms with Gasteiger partial charge in [-0.3, -0.25) is 0 Å². The number of rotatable bonds is 5. The minimum Gasteiger partial charge on any atom is -0.463 e. The summed E-state index contributed by atoms with van der Waals surface area (Å²) in [4.78, 5) is 12.4. The molecule has 134 valence electrons. The second-order valence-corrected chi connectivity index (χ2v) is 8.26. The molecule has 2 N–H and O–H groups in total. The summed E-state index contributed by atoms with van der Waals surface area (Å²) in [6.07, 6.45) is 7.69. The first-order valence-electron chi connectivity index (χ1n) is 8.80. The lowest BCUT2D eigenvalue weighted by atomic mass is 10.00. The van der Waals surface area contributed by atoms with Gasteiger partial charge in [-0.1, -0.05) is 25.7 Å². The van der Waals surface area contributed by atoms with E-state index in [0.717, 1.165) is 51.4 Å². The average Bonchev–Trinajstić information content (AvgIpc) is 3.25. The molecule has 0 spiro atoms. The number of hydrogen-bond donors (Lipinski definition) is 1. The lowest BCUT2D eigenvalue weighted by molar-refractivity contribution is 0.0519. The fourth-order valence-electron chi connectivity index (χ4n) is 4.06. The number of carbonyl (C=O) groups is 1. The van der Waals surface area contributed by atoms with E-state index in [2.05, 4.69) is 0 Å². The van der Waals surface area contributed by atoms with Gasteiger partial charge < -0.3 is 9.15 Å². The molecule has 24 heavy (non-hydrogen) atoms. The molecule has 0 amide bonds. The Hall–Kier alpha value is -1.34. The van der Waals surface area contributed by atoms with E-state index in [-0.39, 0.29) is 28.9 Å². The molecular formula is C17H25NO5S. The van der Waals surface area contributed by atoms with Crippen molar-refractivity contribution in [3.05, 3.63) is 17.1 Å². The van der Waals surface area contributed by atoms with Gasteiger partial charge in [0.05, 0.1) is 6.61 Å². The maximum atomic E-state index is 12.5. The molecule has 0 unspecified atom stereocenters. The van der Waals surface area contributed by atoms with Gasteiger partial charge in [-0.2, -0.15) is 0 Å². The van der Waals surface area contributed by atoms with Crippen LogP contribution in [0.25, 0.3) is 0 Å². The highest BCUT2D eigenvalue weighted by Crippen LogP contribution is 2.45. The molecule has 2 saturated carbocycles. The van der Waals surface area contributed by atoms with Crippen molar-refractivity contribution >= 4 is 16.0 Å². The molecule has 0 radical (unpaired) electrons. The Morgan fingerprint density at radius 1 is 1.08 bits per heavy atom. The van der Waals surface area contributed by atoms with Crippen molar-refractivity contribution in [2.24, 2.45) is 5.14 Å². The van der Waals surface area contributed by atoms with Crippen molar-refractivity contribution in [1.29, 1.82) is 0 Å². The number of carbonyl (C=O) groups excluding carboxylic acids is 1.